The van der Waals surface area contributed by atoms with Gasteiger partial charge >= 0.3 is 0 Å². The lowest BCUT2D eigenvalue weighted by Gasteiger charge is -2.33. The zero-order valence-electron chi connectivity index (χ0n) is 24.2. The van der Waals surface area contributed by atoms with Crippen LogP contribution in [0.25, 0.3) is 0 Å². The molecule has 0 aliphatic heterocycles. The Morgan fingerprint density at radius 2 is 1.49 bits per heavy atom. The van der Waals surface area contributed by atoms with E-state index in [1.165, 1.54) is 4.90 Å². The van der Waals surface area contributed by atoms with E-state index in [-0.39, 0.29) is 12.5 Å². The number of hydrogen-bond acceptors (Lipinski definition) is 5. The Bertz CT molecular complexity index is 1330. The van der Waals surface area contributed by atoms with Gasteiger partial charge in [-0.05, 0) is 54.7 Å². The van der Waals surface area contributed by atoms with Crippen molar-refractivity contribution in [1.82, 2.24) is 10.2 Å². The third-order valence-corrected chi connectivity index (χ3v) is 7.89. The molecule has 3 aromatic carbocycles. The van der Waals surface area contributed by atoms with Gasteiger partial charge < -0.3 is 15.0 Å². The van der Waals surface area contributed by atoms with Gasteiger partial charge in [-0.1, -0.05) is 80.9 Å². The van der Waals surface area contributed by atoms with Gasteiger partial charge in [-0.2, -0.15) is 0 Å². The molecule has 0 heterocycles. The SMILES string of the molecule is CCCCNC(=O)[C@H](CC)N(CCc1ccccc1)C(=O)CN(c1ccc(OCc2ccccc2)cc1)S(C)(=O)=O. The highest BCUT2D eigenvalue weighted by atomic mass is 32.2. The summed E-state index contributed by atoms with van der Waals surface area (Å²) in [7, 11) is -3.81. The van der Waals surface area contributed by atoms with E-state index in [4.69, 9.17) is 4.74 Å². The zero-order valence-corrected chi connectivity index (χ0v) is 25.0. The van der Waals surface area contributed by atoms with Crippen LogP contribution in [0.4, 0.5) is 5.69 Å². The Balaban J connectivity index is 1.79. The highest BCUT2D eigenvalue weighted by Gasteiger charge is 2.31. The topological polar surface area (TPSA) is 96.0 Å². The molecule has 3 rings (SSSR count). The molecule has 1 N–H and O–H groups in total. The van der Waals surface area contributed by atoms with Gasteiger partial charge in [0.05, 0.1) is 11.9 Å². The molecule has 0 aromatic heterocycles. The van der Waals surface area contributed by atoms with Crippen LogP contribution in [-0.4, -0.2) is 57.1 Å². The Morgan fingerprint density at radius 3 is 2.05 bits per heavy atom. The van der Waals surface area contributed by atoms with Gasteiger partial charge in [-0.25, -0.2) is 8.42 Å². The molecule has 2 amide bonds. The predicted molar refractivity (Wildman–Crippen MR) is 163 cm³/mol. The highest BCUT2D eigenvalue weighted by molar-refractivity contribution is 7.92. The standard InChI is InChI=1S/C32H41N3O5S/c1-4-6-22-33-32(37)30(5-2)34(23-21-26-13-9-7-10-14-26)31(36)24-35(41(3,38)39)28-17-19-29(20-18-28)40-25-27-15-11-8-12-16-27/h7-20,30H,4-6,21-25H2,1-3H3,(H,33,37)/t30-/m0/s1. The molecule has 0 aliphatic rings. The summed E-state index contributed by atoms with van der Waals surface area (Å²) in [5.74, 6) is -0.0851. The summed E-state index contributed by atoms with van der Waals surface area (Å²) in [4.78, 5) is 28.4. The maximum absolute atomic E-state index is 13.8. The smallest absolute Gasteiger partial charge is 0.244 e. The van der Waals surface area contributed by atoms with E-state index in [1.54, 1.807) is 24.3 Å². The first-order valence-electron chi connectivity index (χ1n) is 14.1. The van der Waals surface area contributed by atoms with Crippen LogP contribution in [0, 0.1) is 0 Å². The minimum atomic E-state index is -3.81. The van der Waals surface area contributed by atoms with Crippen LogP contribution in [0.2, 0.25) is 0 Å². The van der Waals surface area contributed by atoms with E-state index in [9.17, 15) is 18.0 Å². The van der Waals surface area contributed by atoms with E-state index in [2.05, 4.69) is 5.32 Å². The summed E-state index contributed by atoms with van der Waals surface area (Å²) in [5, 5.41) is 2.93. The molecule has 0 fully saturated rings. The molecule has 0 bridgehead atoms. The van der Waals surface area contributed by atoms with E-state index in [0.29, 0.717) is 37.4 Å². The zero-order chi connectivity index (χ0) is 29.7. The number of nitrogens with zero attached hydrogens (tertiary/aromatic N) is 2. The molecule has 0 saturated carbocycles. The summed E-state index contributed by atoms with van der Waals surface area (Å²) >= 11 is 0. The van der Waals surface area contributed by atoms with Gasteiger partial charge in [0.25, 0.3) is 0 Å². The molecule has 41 heavy (non-hydrogen) atoms. The van der Waals surface area contributed by atoms with Crippen LogP contribution in [0.5, 0.6) is 5.75 Å². The second-order valence-electron chi connectivity index (χ2n) is 9.93. The minimum absolute atomic E-state index is 0.229. The minimum Gasteiger partial charge on any atom is -0.489 e. The van der Waals surface area contributed by atoms with E-state index in [0.717, 1.165) is 34.5 Å². The summed E-state index contributed by atoms with van der Waals surface area (Å²) in [5.41, 5.74) is 2.38. The Hall–Kier alpha value is -3.85. The van der Waals surface area contributed by atoms with Crippen LogP contribution in [0.3, 0.4) is 0 Å². The number of nitrogens with one attached hydrogen (secondary N) is 1. The molecule has 0 spiro atoms. The number of anilines is 1. The fourth-order valence-corrected chi connectivity index (χ4v) is 5.31. The average molecular weight is 580 g/mol. The molecule has 0 radical (unpaired) electrons. The monoisotopic (exact) mass is 579 g/mol. The van der Waals surface area contributed by atoms with Crippen molar-refractivity contribution < 1.29 is 22.7 Å². The third kappa shape index (κ3) is 9.93. The van der Waals surface area contributed by atoms with Gasteiger partial charge in [0.1, 0.15) is 24.9 Å². The molecule has 0 unspecified atom stereocenters. The second kappa shape index (κ2) is 15.8. The van der Waals surface area contributed by atoms with Crippen molar-refractivity contribution in [2.45, 2.75) is 52.2 Å². The first-order valence-corrected chi connectivity index (χ1v) is 15.9. The van der Waals surface area contributed by atoms with Crippen molar-refractivity contribution in [1.29, 1.82) is 0 Å². The molecule has 0 aliphatic carbocycles. The summed E-state index contributed by atoms with van der Waals surface area (Å²) in [6, 6.07) is 25.3. The van der Waals surface area contributed by atoms with Crippen molar-refractivity contribution >= 4 is 27.5 Å². The molecule has 220 valence electrons. The summed E-state index contributed by atoms with van der Waals surface area (Å²) < 4.78 is 32.6. The number of amides is 2. The van der Waals surface area contributed by atoms with Crippen LogP contribution in [0.1, 0.15) is 44.2 Å². The summed E-state index contributed by atoms with van der Waals surface area (Å²) in [6.07, 6.45) is 3.80. The predicted octanol–water partition coefficient (Wildman–Crippen LogP) is 4.80. The molecule has 3 aromatic rings. The maximum Gasteiger partial charge on any atom is 0.244 e. The maximum atomic E-state index is 13.8. The van der Waals surface area contributed by atoms with E-state index >= 15 is 0 Å². The van der Waals surface area contributed by atoms with Crippen molar-refractivity contribution in [3.63, 3.8) is 0 Å². The number of carbonyl (C=O) groups excluding carboxylic acids is 2. The first kappa shape index (κ1) is 31.7. The van der Waals surface area contributed by atoms with Crippen LogP contribution >= 0.6 is 0 Å². The molecular formula is C32H41N3O5S. The van der Waals surface area contributed by atoms with Crippen molar-refractivity contribution in [3.05, 3.63) is 96.1 Å². The van der Waals surface area contributed by atoms with Crippen molar-refractivity contribution in [2.75, 3.05) is 30.2 Å². The van der Waals surface area contributed by atoms with E-state index < -0.39 is 28.5 Å². The Morgan fingerprint density at radius 1 is 0.878 bits per heavy atom. The molecule has 1 atom stereocenters. The number of sulfonamides is 1. The number of unbranched alkanes of at least 4 members (excludes halogenated alkanes) is 1. The number of benzene rings is 3. The second-order valence-corrected chi connectivity index (χ2v) is 11.8. The van der Waals surface area contributed by atoms with Crippen LogP contribution in [-0.2, 0) is 32.6 Å². The lowest BCUT2D eigenvalue weighted by Crippen LogP contribution is -2.53. The van der Waals surface area contributed by atoms with Gasteiger partial charge in [-0.15, -0.1) is 0 Å². The number of hydrogen-bond donors (Lipinski definition) is 1. The lowest BCUT2D eigenvalue weighted by molar-refractivity contribution is -0.139. The van der Waals surface area contributed by atoms with Crippen LogP contribution < -0.4 is 14.4 Å². The molecular weight excluding hydrogens is 538 g/mol. The first-order chi connectivity index (χ1) is 19.7. The highest BCUT2D eigenvalue weighted by Crippen LogP contribution is 2.23. The number of carbonyl (C=O) groups is 2. The Kier molecular flexibility index (Phi) is 12.2. The third-order valence-electron chi connectivity index (χ3n) is 6.75. The fourth-order valence-electron chi connectivity index (χ4n) is 4.47. The quantitative estimate of drug-likeness (QED) is 0.246. The van der Waals surface area contributed by atoms with Crippen molar-refractivity contribution in [2.24, 2.45) is 0 Å². The van der Waals surface area contributed by atoms with Gasteiger partial charge in [0.15, 0.2) is 0 Å². The van der Waals surface area contributed by atoms with Gasteiger partial charge in [0.2, 0.25) is 21.8 Å². The molecule has 9 heteroatoms. The Labute approximate surface area is 244 Å². The van der Waals surface area contributed by atoms with E-state index in [1.807, 2.05) is 74.5 Å². The van der Waals surface area contributed by atoms with Crippen LogP contribution in [0.15, 0.2) is 84.9 Å². The molecule has 0 saturated heterocycles. The normalized spacial score (nSPS) is 11.9. The number of ether oxygens (including phenoxy) is 1. The largest absolute Gasteiger partial charge is 0.489 e. The van der Waals surface area contributed by atoms with Gasteiger partial charge in [-0.3, -0.25) is 13.9 Å². The lowest BCUT2D eigenvalue weighted by atomic mass is 10.1. The summed E-state index contributed by atoms with van der Waals surface area (Å²) in [6.45, 7) is 4.67. The average Bonchev–Trinajstić information content (AvgIpc) is 2.97. The fraction of sp³-hybridized carbons (Fsp3) is 0.375. The number of rotatable bonds is 16. The van der Waals surface area contributed by atoms with Gasteiger partial charge in [0, 0.05) is 13.1 Å². The molecule has 8 nitrogen and oxygen atoms in total. The van der Waals surface area contributed by atoms with Crippen molar-refractivity contribution in [3.8, 4) is 5.75 Å².